The van der Waals surface area contributed by atoms with Crippen LogP contribution < -0.4 is 5.73 Å². The Morgan fingerprint density at radius 1 is 1.28 bits per heavy atom. The van der Waals surface area contributed by atoms with Crippen LogP contribution in [0.4, 0.5) is 0 Å². The lowest BCUT2D eigenvalue weighted by molar-refractivity contribution is -0.167. The number of carbonyl (C=O) groups excluding carboxylic acids is 1. The molecule has 0 aliphatic heterocycles. The summed E-state index contributed by atoms with van der Waals surface area (Å²) < 4.78 is 5.29. The van der Waals surface area contributed by atoms with E-state index >= 15 is 0 Å². The van der Waals surface area contributed by atoms with Crippen LogP contribution in [0.3, 0.4) is 0 Å². The van der Waals surface area contributed by atoms with Gasteiger partial charge in [0.2, 0.25) is 0 Å². The molecule has 104 valence electrons. The fraction of sp³-hybridized carbons (Fsp3) is 0.846. The van der Waals surface area contributed by atoms with E-state index in [2.05, 4.69) is 0 Å². The maximum Gasteiger partial charge on any atom is 0.327 e. The van der Waals surface area contributed by atoms with Gasteiger partial charge in [-0.2, -0.15) is 0 Å². The molecule has 3 N–H and O–H groups in total. The number of ether oxygens (including phenoxy) is 1. The highest BCUT2D eigenvalue weighted by Crippen LogP contribution is 2.36. The van der Waals surface area contributed by atoms with Crippen molar-refractivity contribution in [2.24, 2.45) is 11.7 Å². The average Bonchev–Trinajstić information content (AvgIpc) is 2.66. The van der Waals surface area contributed by atoms with Crippen molar-refractivity contribution in [1.29, 1.82) is 0 Å². The number of hydrogen-bond acceptors (Lipinski definition) is 4. The van der Waals surface area contributed by atoms with Gasteiger partial charge in [0.05, 0.1) is 6.42 Å². The van der Waals surface area contributed by atoms with E-state index in [4.69, 9.17) is 15.6 Å². The van der Waals surface area contributed by atoms with Crippen molar-refractivity contribution in [3.8, 4) is 0 Å². The van der Waals surface area contributed by atoms with E-state index < -0.39 is 23.1 Å². The van der Waals surface area contributed by atoms with Gasteiger partial charge >= 0.3 is 11.9 Å². The van der Waals surface area contributed by atoms with Crippen molar-refractivity contribution in [2.45, 2.75) is 64.0 Å². The highest BCUT2D eigenvalue weighted by molar-refractivity contribution is 5.86. The second kappa shape index (κ2) is 5.26. The predicted octanol–water partition coefficient (Wildman–Crippen LogP) is 1.69. The summed E-state index contributed by atoms with van der Waals surface area (Å²) in [6, 6.07) is 0. The number of rotatable bonds is 4. The SMILES string of the molecule is CC(C)(C)OC(=O)C(N)(CC(=O)O)C1CCCC1. The van der Waals surface area contributed by atoms with Gasteiger partial charge in [-0.1, -0.05) is 12.8 Å². The second-order valence-corrected chi connectivity index (χ2v) is 6.09. The van der Waals surface area contributed by atoms with Gasteiger partial charge in [0, 0.05) is 0 Å². The summed E-state index contributed by atoms with van der Waals surface area (Å²) in [6.07, 6.45) is 3.21. The lowest BCUT2D eigenvalue weighted by atomic mass is 9.80. The maximum atomic E-state index is 12.2. The smallest absolute Gasteiger partial charge is 0.327 e. The normalized spacial score (nSPS) is 20.4. The van der Waals surface area contributed by atoms with Gasteiger partial charge in [-0.05, 0) is 39.5 Å². The predicted molar refractivity (Wildman–Crippen MR) is 67.0 cm³/mol. The Labute approximate surface area is 108 Å². The maximum absolute atomic E-state index is 12.2. The van der Waals surface area contributed by atoms with Crippen LogP contribution in [0, 0.1) is 5.92 Å². The molecule has 1 aliphatic carbocycles. The van der Waals surface area contributed by atoms with Gasteiger partial charge in [-0.25, -0.2) is 0 Å². The highest BCUT2D eigenvalue weighted by Gasteiger charge is 2.47. The fourth-order valence-corrected chi connectivity index (χ4v) is 2.45. The number of carboxylic acid groups (broad SMARTS) is 1. The third kappa shape index (κ3) is 3.70. The Hall–Kier alpha value is -1.10. The van der Waals surface area contributed by atoms with E-state index in [9.17, 15) is 9.59 Å². The number of carboxylic acids is 1. The monoisotopic (exact) mass is 257 g/mol. The quantitative estimate of drug-likeness (QED) is 0.748. The third-order valence-corrected chi connectivity index (χ3v) is 3.31. The van der Waals surface area contributed by atoms with Gasteiger partial charge in [0.1, 0.15) is 11.1 Å². The molecule has 0 bridgehead atoms. The molecule has 1 atom stereocenters. The van der Waals surface area contributed by atoms with E-state index in [1.165, 1.54) is 0 Å². The minimum atomic E-state index is -1.39. The van der Waals surface area contributed by atoms with Crippen molar-refractivity contribution in [3.05, 3.63) is 0 Å². The Morgan fingerprint density at radius 3 is 2.17 bits per heavy atom. The first-order valence-electron chi connectivity index (χ1n) is 6.39. The second-order valence-electron chi connectivity index (χ2n) is 6.09. The van der Waals surface area contributed by atoms with Crippen molar-refractivity contribution >= 4 is 11.9 Å². The molecule has 1 aliphatic rings. The molecule has 0 heterocycles. The van der Waals surface area contributed by atoms with Gasteiger partial charge in [0.15, 0.2) is 0 Å². The van der Waals surface area contributed by atoms with Gasteiger partial charge in [-0.15, -0.1) is 0 Å². The Bertz CT molecular complexity index is 328. The zero-order valence-corrected chi connectivity index (χ0v) is 11.4. The molecule has 1 unspecified atom stereocenters. The molecule has 1 saturated carbocycles. The molecule has 0 saturated heterocycles. The molecule has 18 heavy (non-hydrogen) atoms. The summed E-state index contributed by atoms with van der Waals surface area (Å²) in [5.74, 6) is -1.75. The van der Waals surface area contributed by atoms with E-state index in [1.54, 1.807) is 20.8 Å². The topological polar surface area (TPSA) is 89.6 Å². The first-order chi connectivity index (χ1) is 8.15. The van der Waals surface area contributed by atoms with Gasteiger partial charge in [0.25, 0.3) is 0 Å². The molecule has 1 fully saturated rings. The first-order valence-corrected chi connectivity index (χ1v) is 6.39. The van der Waals surface area contributed by atoms with Crippen LogP contribution in [-0.2, 0) is 14.3 Å². The molecule has 0 amide bonds. The van der Waals surface area contributed by atoms with Crippen LogP contribution in [0.5, 0.6) is 0 Å². The molecule has 5 nitrogen and oxygen atoms in total. The molecule has 5 heteroatoms. The summed E-state index contributed by atoms with van der Waals surface area (Å²) in [5.41, 5.74) is 4.05. The van der Waals surface area contributed by atoms with E-state index in [0.29, 0.717) is 0 Å². The third-order valence-electron chi connectivity index (χ3n) is 3.31. The van der Waals surface area contributed by atoms with Crippen molar-refractivity contribution in [1.82, 2.24) is 0 Å². The molecule has 0 aromatic carbocycles. The highest BCUT2D eigenvalue weighted by atomic mass is 16.6. The lowest BCUT2D eigenvalue weighted by Crippen LogP contribution is -2.57. The molecular weight excluding hydrogens is 234 g/mol. The number of carbonyl (C=O) groups is 2. The van der Waals surface area contributed by atoms with E-state index in [-0.39, 0.29) is 12.3 Å². The molecule has 0 aromatic rings. The number of esters is 1. The first kappa shape index (κ1) is 15.0. The molecule has 0 aromatic heterocycles. The Morgan fingerprint density at radius 2 is 1.78 bits per heavy atom. The molecule has 0 radical (unpaired) electrons. The average molecular weight is 257 g/mol. The number of nitrogens with two attached hydrogens (primary N) is 1. The van der Waals surface area contributed by atoms with Crippen molar-refractivity contribution < 1.29 is 19.4 Å². The molecule has 0 spiro atoms. The summed E-state index contributed by atoms with van der Waals surface area (Å²) >= 11 is 0. The van der Waals surface area contributed by atoms with Crippen molar-refractivity contribution in [2.75, 3.05) is 0 Å². The zero-order chi connectivity index (χ0) is 14.0. The van der Waals surface area contributed by atoms with Gasteiger partial charge < -0.3 is 15.6 Å². The zero-order valence-electron chi connectivity index (χ0n) is 11.4. The van der Waals surface area contributed by atoms with Crippen LogP contribution >= 0.6 is 0 Å². The van der Waals surface area contributed by atoms with E-state index in [1.807, 2.05) is 0 Å². The minimum Gasteiger partial charge on any atom is -0.481 e. The summed E-state index contributed by atoms with van der Waals surface area (Å²) in [6.45, 7) is 5.25. The minimum absolute atomic E-state index is 0.0940. The van der Waals surface area contributed by atoms with Crippen molar-refractivity contribution in [3.63, 3.8) is 0 Å². The van der Waals surface area contributed by atoms with Crippen LogP contribution in [0.15, 0.2) is 0 Å². The van der Waals surface area contributed by atoms with E-state index in [0.717, 1.165) is 25.7 Å². The number of hydrogen-bond donors (Lipinski definition) is 2. The number of aliphatic carboxylic acids is 1. The van der Waals surface area contributed by atoms with Crippen LogP contribution in [0.1, 0.15) is 52.9 Å². The summed E-state index contributed by atoms with van der Waals surface area (Å²) in [4.78, 5) is 23.1. The Kier molecular flexibility index (Phi) is 4.37. The summed E-state index contributed by atoms with van der Waals surface area (Å²) in [5, 5.41) is 8.97. The van der Waals surface area contributed by atoms with Crippen LogP contribution in [0.2, 0.25) is 0 Å². The fourth-order valence-electron chi connectivity index (χ4n) is 2.45. The largest absolute Gasteiger partial charge is 0.481 e. The molecule has 1 rings (SSSR count). The van der Waals surface area contributed by atoms with Crippen LogP contribution in [0.25, 0.3) is 0 Å². The van der Waals surface area contributed by atoms with Gasteiger partial charge in [-0.3, -0.25) is 9.59 Å². The van der Waals surface area contributed by atoms with Crippen LogP contribution in [-0.4, -0.2) is 28.2 Å². The lowest BCUT2D eigenvalue weighted by Gasteiger charge is -2.34. The molecular formula is C13H23NO4. The standard InChI is InChI=1S/C13H23NO4/c1-12(2,3)18-11(17)13(14,8-10(15)16)9-6-4-5-7-9/h9H,4-8,14H2,1-3H3,(H,15,16). The summed E-state index contributed by atoms with van der Waals surface area (Å²) in [7, 11) is 0. The Balaban J connectivity index is 2.88.